The number of carbonyl (C=O) groups excluding carboxylic acids is 2. The topological polar surface area (TPSA) is 86.8 Å². The van der Waals surface area contributed by atoms with Crippen LogP contribution in [-0.4, -0.2) is 43.8 Å². The molecule has 1 fully saturated rings. The van der Waals surface area contributed by atoms with E-state index in [2.05, 4.69) is 5.32 Å². The highest BCUT2D eigenvalue weighted by Gasteiger charge is 2.34. The molecule has 10 heteroatoms. The number of benzene rings is 3. The van der Waals surface area contributed by atoms with Gasteiger partial charge < -0.3 is 10.2 Å². The summed E-state index contributed by atoms with van der Waals surface area (Å²) in [5, 5.41) is 3.09. The molecule has 2 amide bonds. The summed E-state index contributed by atoms with van der Waals surface area (Å²) in [6.45, 7) is 3.03. The molecule has 224 valence electrons. The number of amides is 2. The third-order valence-electron chi connectivity index (χ3n) is 7.61. The number of nitrogens with one attached hydrogen (secondary N) is 1. The number of hydrogen-bond acceptors (Lipinski definition) is 4. The maximum Gasteiger partial charge on any atom is 0.264 e. The highest BCUT2D eigenvalue weighted by Crippen LogP contribution is 2.26. The second-order valence-electron chi connectivity index (χ2n) is 10.7. The summed E-state index contributed by atoms with van der Waals surface area (Å²) in [7, 11) is -4.30. The van der Waals surface area contributed by atoms with Gasteiger partial charge in [0, 0.05) is 12.6 Å². The second kappa shape index (κ2) is 13.9. The monoisotopic (exact) mass is 597 g/mol. The zero-order chi connectivity index (χ0) is 30.3. The van der Waals surface area contributed by atoms with E-state index >= 15 is 0 Å². The van der Waals surface area contributed by atoms with E-state index < -0.39 is 40.2 Å². The number of sulfonamides is 1. The van der Waals surface area contributed by atoms with Gasteiger partial charge in [-0.2, -0.15) is 0 Å². The number of anilines is 1. The molecule has 1 aliphatic carbocycles. The van der Waals surface area contributed by atoms with Crippen molar-refractivity contribution >= 4 is 27.5 Å². The van der Waals surface area contributed by atoms with Gasteiger partial charge in [-0.05, 0) is 80.3 Å². The average molecular weight is 598 g/mol. The standard InChI is InChI=1S/C32H37F2N3O4S/c1-3-30(32(39)35-27-7-5-4-6-8-27)36(21-24-11-13-25(33)14-12-24)31(38)22-37(28-17-9-23(2)10-18-28)42(40,41)29-19-15-26(34)16-20-29/h9-20,27,30H,3-8,21-22H2,1-2H3,(H,35,39)/t30-/m0/s1. The maximum absolute atomic E-state index is 14.1. The predicted molar refractivity (Wildman–Crippen MR) is 158 cm³/mol. The summed E-state index contributed by atoms with van der Waals surface area (Å²) in [5.74, 6) is -1.93. The van der Waals surface area contributed by atoms with Gasteiger partial charge in [-0.15, -0.1) is 0 Å². The fraction of sp³-hybridized carbons (Fsp3) is 0.375. The Kier molecular flexibility index (Phi) is 10.3. The lowest BCUT2D eigenvalue weighted by atomic mass is 9.95. The molecule has 1 atom stereocenters. The number of halogens is 2. The first-order valence-corrected chi connectivity index (χ1v) is 15.7. The van der Waals surface area contributed by atoms with Crippen molar-refractivity contribution in [3.63, 3.8) is 0 Å². The molecule has 0 heterocycles. The van der Waals surface area contributed by atoms with Crippen molar-refractivity contribution < 1.29 is 26.8 Å². The quantitative estimate of drug-likeness (QED) is 0.306. The predicted octanol–water partition coefficient (Wildman–Crippen LogP) is 5.72. The molecule has 4 rings (SSSR count). The largest absolute Gasteiger partial charge is 0.352 e. The van der Waals surface area contributed by atoms with Crippen LogP contribution >= 0.6 is 0 Å². The Morgan fingerprint density at radius 2 is 1.45 bits per heavy atom. The minimum absolute atomic E-state index is 0.0194. The van der Waals surface area contributed by atoms with E-state index in [0.29, 0.717) is 12.0 Å². The van der Waals surface area contributed by atoms with Crippen LogP contribution in [0.3, 0.4) is 0 Å². The van der Waals surface area contributed by atoms with Crippen LogP contribution in [-0.2, 0) is 26.2 Å². The van der Waals surface area contributed by atoms with E-state index in [1.54, 1.807) is 31.2 Å². The Hall–Kier alpha value is -3.79. The van der Waals surface area contributed by atoms with Crippen LogP contribution in [0.1, 0.15) is 56.6 Å². The molecular weight excluding hydrogens is 560 g/mol. The average Bonchev–Trinajstić information content (AvgIpc) is 2.98. The van der Waals surface area contributed by atoms with Gasteiger partial charge in [0.2, 0.25) is 11.8 Å². The van der Waals surface area contributed by atoms with Crippen LogP contribution in [0.2, 0.25) is 0 Å². The highest BCUT2D eigenvalue weighted by molar-refractivity contribution is 7.92. The van der Waals surface area contributed by atoms with Crippen LogP contribution < -0.4 is 9.62 Å². The molecule has 1 saturated carbocycles. The van der Waals surface area contributed by atoms with Crippen LogP contribution in [0.4, 0.5) is 14.5 Å². The van der Waals surface area contributed by atoms with Crippen molar-refractivity contribution in [3.05, 3.63) is 95.6 Å². The van der Waals surface area contributed by atoms with Gasteiger partial charge in [-0.1, -0.05) is 56.0 Å². The van der Waals surface area contributed by atoms with Crippen molar-refractivity contribution in [1.82, 2.24) is 10.2 Å². The first-order valence-electron chi connectivity index (χ1n) is 14.3. The van der Waals surface area contributed by atoms with Gasteiger partial charge in [0.05, 0.1) is 10.6 Å². The Morgan fingerprint density at radius 1 is 0.881 bits per heavy atom. The number of rotatable bonds is 11. The lowest BCUT2D eigenvalue weighted by Gasteiger charge is -2.34. The molecular formula is C32H37F2N3O4S. The van der Waals surface area contributed by atoms with Gasteiger partial charge in [0.1, 0.15) is 24.2 Å². The molecule has 0 aliphatic heterocycles. The summed E-state index contributed by atoms with van der Waals surface area (Å²) >= 11 is 0. The summed E-state index contributed by atoms with van der Waals surface area (Å²) in [5.41, 5.74) is 1.74. The van der Waals surface area contributed by atoms with Crippen molar-refractivity contribution in [2.75, 3.05) is 10.8 Å². The van der Waals surface area contributed by atoms with Gasteiger partial charge in [-0.3, -0.25) is 13.9 Å². The summed E-state index contributed by atoms with van der Waals surface area (Å²) in [6.07, 6.45) is 5.19. The van der Waals surface area contributed by atoms with E-state index in [4.69, 9.17) is 0 Å². The zero-order valence-electron chi connectivity index (χ0n) is 23.9. The van der Waals surface area contributed by atoms with E-state index in [-0.39, 0.29) is 29.1 Å². The molecule has 0 bridgehead atoms. The van der Waals surface area contributed by atoms with Gasteiger partial charge in [0.15, 0.2) is 0 Å². The number of nitrogens with zero attached hydrogens (tertiary/aromatic N) is 2. The number of carbonyl (C=O) groups is 2. The molecule has 7 nitrogen and oxygen atoms in total. The lowest BCUT2D eigenvalue weighted by Crippen LogP contribution is -2.54. The Balaban J connectivity index is 1.69. The van der Waals surface area contributed by atoms with Crippen LogP contribution in [0.15, 0.2) is 77.7 Å². The Bertz CT molecular complexity index is 1460. The molecule has 3 aromatic rings. The Morgan fingerprint density at radius 3 is 2.02 bits per heavy atom. The minimum atomic E-state index is -4.30. The van der Waals surface area contributed by atoms with Crippen molar-refractivity contribution in [1.29, 1.82) is 0 Å². The molecule has 0 spiro atoms. The molecule has 3 aromatic carbocycles. The molecule has 1 N–H and O–H groups in total. The first-order chi connectivity index (χ1) is 20.1. The van der Waals surface area contributed by atoms with Crippen molar-refractivity contribution in [2.45, 2.75) is 75.9 Å². The van der Waals surface area contributed by atoms with E-state index in [0.717, 1.165) is 66.2 Å². The molecule has 0 radical (unpaired) electrons. The number of aryl methyl sites for hydroxylation is 1. The zero-order valence-corrected chi connectivity index (χ0v) is 24.7. The van der Waals surface area contributed by atoms with Gasteiger partial charge >= 0.3 is 0 Å². The maximum atomic E-state index is 14.1. The molecule has 42 heavy (non-hydrogen) atoms. The smallest absolute Gasteiger partial charge is 0.264 e. The lowest BCUT2D eigenvalue weighted by molar-refractivity contribution is -0.140. The van der Waals surface area contributed by atoms with Crippen LogP contribution in [0.5, 0.6) is 0 Å². The van der Waals surface area contributed by atoms with Crippen molar-refractivity contribution in [3.8, 4) is 0 Å². The van der Waals surface area contributed by atoms with Crippen molar-refractivity contribution in [2.24, 2.45) is 0 Å². The number of hydrogen-bond donors (Lipinski definition) is 1. The molecule has 0 saturated heterocycles. The third kappa shape index (κ3) is 7.73. The second-order valence-corrected chi connectivity index (χ2v) is 12.6. The molecule has 1 aliphatic rings. The molecule has 0 aromatic heterocycles. The van der Waals surface area contributed by atoms with E-state index in [9.17, 15) is 26.8 Å². The summed E-state index contributed by atoms with van der Waals surface area (Å²) < 4.78 is 55.9. The minimum Gasteiger partial charge on any atom is -0.352 e. The Labute approximate surface area is 246 Å². The van der Waals surface area contributed by atoms with Gasteiger partial charge in [0.25, 0.3) is 10.0 Å². The first kappa shape index (κ1) is 31.2. The summed E-state index contributed by atoms with van der Waals surface area (Å²) in [6, 6.07) is 15.8. The highest BCUT2D eigenvalue weighted by atomic mass is 32.2. The van der Waals surface area contributed by atoms with E-state index in [1.165, 1.54) is 29.2 Å². The normalized spacial score (nSPS) is 14.7. The van der Waals surface area contributed by atoms with Gasteiger partial charge in [-0.25, -0.2) is 17.2 Å². The van der Waals surface area contributed by atoms with Crippen LogP contribution in [0, 0.1) is 18.6 Å². The third-order valence-corrected chi connectivity index (χ3v) is 9.39. The van der Waals surface area contributed by atoms with E-state index in [1.807, 2.05) is 6.92 Å². The fourth-order valence-corrected chi connectivity index (χ4v) is 6.64. The molecule has 0 unspecified atom stereocenters. The van der Waals surface area contributed by atoms with Crippen LogP contribution in [0.25, 0.3) is 0 Å². The fourth-order valence-electron chi connectivity index (χ4n) is 5.22. The summed E-state index contributed by atoms with van der Waals surface area (Å²) in [4.78, 5) is 28.8. The SMILES string of the molecule is CC[C@@H](C(=O)NC1CCCCC1)N(Cc1ccc(F)cc1)C(=O)CN(c1ccc(C)cc1)S(=O)(=O)c1ccc(F)cc1.